The largest absolute Gasteiger partial charge is 0.394 e. The van der Waals surface area contributed by atoms with Gasteiger partial charge in [-0.1, -0.05) is 6.92 Å². The molecule has 0 aromatic rings. The molecule has 0 heterocycles. The van der Waals surface area contributed by atoms with Crippen molar-refractivity contribution in [2.75, 3.05) is 46.8 Å². The smallest absolute Gasteiger partial charge is 0.330 e. The Hall–Kier alpha value is -0.330. The van der Waals surface area contributed by atoms with Crippen molar-refractivity contribution in [1.29, 1.82) is 0 Å². The van der Waals surface area contributed by atoms with Gasteiger partial charge in [0.2, 0.25) is 0 Å². The molecule has 0 saturated heterocycles. The quantitative estimate of drug-likeness (QED) is 0.711. The summed E-state index contributed by atoms with van der Waals surface area (Å²) in [7, 11) is 3.82. The average Bonchev–Trinajstić information content (AvgIpc) is 2.20. The van der Waals surface area contributed by atoms with Crippen LogP contribution in [0.15, 0.2) is 0 Å². The Morgan fingerprint density at radius 1 is 1.12 bits per heavy atom. The minimum Gasteiger partial charge on any atom is -0.330 e. The van der Waals surface area contributed by atoms with Crippen LogP contribution in [0.5, 0.6) is 0 Å². The number of nitrogens with two attached hydrogens (primary N) is 1. The first kappa shape index (κ1) is 16.7. The molecule has 104 valence electrons. The van der Waals surface area contributed by atoms with Crippen LogP contribution in [0.1, 0.15) is 13.3 Å². The van der Waals surface area contributed by atoms with Crippen LogP contribution < -0.4 is 5.73 Å². The first-order valence-corrected chi connectivity index (χ1v) is 5.95. The van der Waals surface area contributed by atoms with Crippen molar-refractivity contribution in [3.05, 3.63) is 0 Å². The van der Waals surface area contributed by atoms with Crippen molar-refractivity contribution in [3.8, 4) is 0 Å². The highest BCUT2D eigenvalue weighted by Gasteiger charge is 2.39. The van der Waals surface area contributed by atoms with E-state index in [-0.39, 0.29) is 13.1 Å². The van der Waals surface area contributed by atoms with E-state index < -0.39 is 12.1 Å². The average molecular weight is 255 g/mol. The number of alkyl halides is 3. The molecular formula is C11H24F3N3. The summed E-state index contributed by atoms with van der Waals surface area (Å²) in [5, 5.41) is 0. The Morgan fingerprint density at radius 3 is 2.06 bits per heavy atom. The molecule has 0 aromatic carbocycles. The fourth-order valence-electron chi connectivity index (χ4n) is 1.58. The summed E-state index contributed by atoms with van der Waals surface area (Å²) in [6.07, 6.45) is -3.35. The predicted octanol–water partition coefficient (Wildman–Crippen LogP) is 1.40. The van der Waals surface area contributed by atoms with E-state index in [1.54, 1.807) is 0 Å². The van der Waals surface area contributed by atoms with E-state index in [1.807, 2.05) is 30.8 Å². The Labute approximate surface area is 102 Å². The molecule has 0 spiro atoms. The van der Waals surface area contributed by atoms with Crippen LogP contribution in [0.3, 0.4) is 0 Å². The van der Waals surface area contributed by atoms with Gasteiger partial charge in [0, 0.05) is 26.2 Å². The zero-order valence-corrected chi connectivity index (χ0v) is 10.9. The lowest BCUT2D eigenvalue weighted by atomic mass is 10.1. The molecule has 0 bridgehead atoms. The Morgan fingerprint density at radius 2 is 1.71 bits per heavy atom. The molecule has 3 nitrogen and oxygen atoms in total. The molecule has 17 heavy (non-hydrogen) atoms. The first-order valence-electron chi connectivity index (χ1n) is 5.95. The van der Waals surface area contributed by atoms with E-state index in [9.17, 15) is 13.2 Å². The topological polar surface area (TPSA) is 32.5 Å². The van der Waals surface area contributed by atoms with E-state index >= 15 is 0 Å². The van der Waals surface area contributed by atoms with Gasteiger partial charge in [0.15, 0.2) is 0 Å². The first-order chi connectivity index (χ1) is 7.81. The van der Waals surface area contributed by atoms with E-state index in [1.165, 1.54) is 0 Å². The summed E-state index contributed by atoms with van der Waals surface area (Å²) in [6, 6.07) is 0. The van der Waals surface area contributed by atoms with Crippen LogP contribution in [0.4, 0.5) is 13.2 Å². The van der Waals surface area contributed by atoms with Gasteiger partial charge < -0.3 is 15.5 Å². The second kappa shape index (κ2) is 7.89. The van der Waals surface area contributed by atoms with Crippen molar-refractivity contribution in [1.82, 2.24) is 9.80 Å². The molecule has 1 unspecified atom stereocenters. The number of likely N-dealkylation sites (N-methyl/N-ethyl adjacent to an activating group) is 1. The Kier molecular flexibility index (Phi) is 7.74. The second-order valence-corrected chi connectivity index (χ2v) is 4.58. The third kappa shape index (κ3) is 7.57. The molecule has 0 radical (unpaired) electrons. The lowest BCUT2D eigenvalue weighted by Crippen LogP contribution is -2.43. The fraction of sp³-hybridized carbons (Fsp3) is 1.00. The molecule has 0 saturated carbocycles. The van der Waals surface area contributed by atoms with Crippen LogP contribution in [0.25, 0.3) is 0 Å². The molecule has 0 fully saturated rings. The van der Waals surface area contributed by atoms with E-state index in [2.05, 4.69) is 0 Å². The SMILES string of the molecule is CCCN(CCN(C)C)CC(CN)C(F)(F)F. The zero-order valence-electron chi connectivity index (χ0n) is 10.9. The summed E-state index contributed by atoms with van der Waals surface area (Å²) in [5.74, 6) is -1.42. The normalized spacial score (nSPS) is 14.6. The van der Waals surface area contributed by atoms with E-state index in [0.29, 0.717) is 13.1 Å². The maximum absolute atomic E-state index is 12.6. The molecule has 1 atom stereocenters. The molecular weight excluding hydrogens is 231 g/mol. The van der Waals surface area contributed by atoms with Crippen LogP contribution in [-0.4, -0.2) is 62.8 Å². The third-order valence-corrected chi connectivity index (χ3v) is 2.63. The predicted molar refractivity (Wildman–Crippen MR) is 63.9 cm³/mol. The molecule has 0 aliphatic rings. The summed E-state index contributed by atoms with van der Waals surface area (Å²) in [4.78, 5) is 3.80. The number of rotatable bonds is 8. The van der Waals surface area contributed by atoms with Crippen molar-refractivity contribution in [2.24, 2.45) is 11.7 Å². The summed E-state index contributed by atoms with van der Waals surface area (Å²) >= 11 is 0. The Bertz CT molecular complexity index is 195. The standard InChI is InChI=1S/C11H24F3N3/c1-4-5-17(7-6-16(2)3)9-10(8-15)11(12,13)14/h10H,4-9,15H2,1-3H3. The van der Waals surface area contributed by atoms with Gasteiger partial charge in [0.1, 0.15) is 0 Å². The Balaban J connectivity index is 4.30. The van der Waals surface area contributed by atoms with Crippen molar-refractivity contribution < 1.29 is 13.2 Å². The zero-order chi connectivity index (χ0) is 13.5. The molecule has 0 aliphatic carbocycles. The van der Waals surface area contributed by atoms with Gasteiger partial charge in [-0.2, -0.15) is 13.2 Å². The van der Waals surface area contributed by atoms with Crippen molar-refractivity contribution in [3.63, 3.8) is 0 Å². The second-order valence-electron chi connectivity index (χ2n) is 4.58. The van der Waals surface area contributed by atoms with Gasteiger partial charge in [-0.25, -0.2) is 0 Å². The van der Waals surface area contributed by atoms with Gasteiger partial charge >= 0.3 is 6.18 Å². The minimum atomic E-state index is -4.20. The summed E-state index contributed by atoms with van der Waals surface area (Å²) in [5.41, 5.74) is 5.20. The highest BCUT2D eigenvalue weighted by atomic mass is 19.4. The summed E-state index contributed by atoms with van der Waals surface area (Å²) in [6.45, 7) is 3.71. The number of halogens is 3. The van der Waals surface area contributed by atoms with Gasteiger partial charge in [0.05, 0.1) is 5.92 Å². The van der Waals surface area contributed by atoms with E-state index in [0.717, 1.165) is 13.0 Å². The highest BCUT2D eigenvalue weighted by molar-refractivity contribution is 4.73. The lowest BCUT2D eigenvalue weighted by molar-refractivity contribution is -0.176. The van der Waals surface area contributed by atoms with Crippen LogP contribution in [-0.2, 0) is 0 Å². The molecule has 0 aliphatic heterocycles. The monoisotopic (exact) mass is 255 g/mol. The van der Waals surface area contributed by atoms with Gasteiger partial charge in [0.25, 0.3) is 0 Å². The van der Waals surface area contributed by atoms with Crippen LogP contribution in [0, 0.1) is 5.92 Å². The van der Waals surface area contributed by atoms with E-state index in [4.69, 9.17) is 5.73 Å². The fourth-order valence-corrected chi connectivity index (χ4v) is 1.58. The van der Waals surface area contributed by atoms with Gasteiger partial charge in [-0.15, -0.1) is 0 Å². The van der Waals surface area contributed by atoms with Crippen LogP contribution >= 0.6 is 0 Å². The van der Waals surface area contributed by atoms with Crippen molar-refractivity contribution >= 4 is 0 Å². The maximum Gasteiger partial charge on any atom is 0.394 e. The number of nitrogens with zero attached hydrogens (tertiary/aromatic N) is 2. The molecule has 2 N–H and O–H groups in total. The number of hydrogen-bond donors (Lipinski definition) is 1. The molecule has 0 rings (SSSR count). The lowest BCUT2D eigenvalue weighted by Gasteiger charge is -2.28. The molecule has 6 heteroatoms. The summed E-state index contributed by atoms with van der Waals surface area (Å²) < 4.78 is 37.8. The maximum atomic E-state index is 12.6. The highest BCUT2D eigenvalue weighted by Crippen LogP contribution is 2.26. The van der Waals surface area contributed by atoms with Crippen molar-refractivity contribution in [2.45, 2.75) is 19.5 Å². The molecule has 0 aromatic heterocycles. The molecule has 0 amide bonds. The third-order valence-electron chi connectivity index (χ3n) is 2.63. The minimum absolute atomic E-state index is 0.00167. The van der Waals surface area contributed by atoms with Crippen LogP contribution in [0.2, 0.25) is 0 Å². The number of hydrogen-bond acceptors (Lipinski definition) is 3. The van der Waals surface area contributed by atoms with Gasteiger partial charge in [-0.05, 0) is 27.1 Å². The van der Waals surface area contributed by atoms with Gasteiger partial charge in [-0.3, -0.25) is 0 Å².